The number of furan rings is 1. The molecule has 1 aliphatic heterocycles. The summed E-state index contributed by atoms with van der Waals surface area (Å²) in [4.78, 5) is 14.3. The maximum absolute atomic E-state index is 12.4. The highest BCUT2D eigenvalue weighted by molar-refractivity contribution is 6.35. The first-order valence-electron chi connectivity index (χ1n) is 7.99. The van der Waals surface area contributed by atoms with Gasteiger partial charge in [-0.15, -0.1) is 0 Å². The van der Waals surface area contributed by atoms with Crippen LogP contribution in [0.2, 0.25) is 10.0 Å². The molecule has 0 bridgehead atoms. The van der Waals surface area contributed by atoms with Gasteiger partial charge in [-0.1, -0.05) is 30.1 Å². The zero-order valence-electron chi connectivity index (χ0n) is 13.4. The molecule has 0 atom stereocenters. The molecule has 0 unspecified atom stereocenters. The van der Waals surface area contributed by atoms with Gasteiger partial charge in [-0.05, 0) is 49.1 Å². The lowest BCUT2D eigenvalue weighted by molar-refractivity contribution is 0.0661. The number of hydrogen-bond donors (Lipinski definition) is 0. The van der Waals surface area contributed by atoms with Crippen LogP contribution in [0.25, 0.3) is 0 Å². The predicted octanol–water partition coefficient (Wildman–Crippen LogP) is 5.04. The zero-order chi connectivity index (χ0) is 17.1. The number of amides is 1. The number of piperidine rings is 1. The van der Waals surface area contributed by atoms with Crippen LogP contribution in [0.3, 0.4) is 0 Å². The fourth-order valence-electron chi connectivity index (χ4n) is 2.68. The third-order valence-electron chi connectivity index (χ3n) is 4.21. The van der Waals surface area contributed by atoms with E-state index >= 15 is 0 Å². The van der Waals surface area contributed by atoms with Crippen LogP contribution in [0, 0.1) is 5.92 Å². The van der Waals surface area contributed by atoms with E-state index in [1.54, 1.807) is 30.3 Å². The van der Waals surface area contributed by atoms with Gasteiger partial charge in [0.2, 0.25) is 0 Å². The van der Waals surface area contributed by atoms with Crippen LogP contribution in [0.5, 0.6) is 5.75 Å². The predicted molar refractivity (Wildman–Crippen MR) is 93.8 cm³/mol. The molecule has 1 saturated heterocycles. The van der Waals surface area contributed by atoms with Crippen molar-refractivity contribution in [3.8, 4) is 5.75 Å². The molecule has 0 spiro atoms. The highest BCUT2D eigenvalue weighted by atomic mass is 35.5. The highest BCUT2D eigenvalue weighted by Gasteiger charge is 2.23. The number of likely N-dealkylation sites (tertiary alicyclic amines) is 1. The van der Waals surface area contributed by atoms with Gasteiger partial charge in [0.25, 0.3) is 5.91 Å². The van der Waals surface area contributed by atoms with Crippen molar-refractivity contribution in [3.63, 3.8) is 0 Å². The Kier molecular flexibility index (Phi) is 5.36. The topological polar surface area (TPSA) is 42.7 Å². The van der Waals surface area contributed by atoms with Crippen LogP contribution in [0.4, 0.5) is 0 Å². The second-order valence-corrected chi connectivity index (χ2v) is 6.95. The maximum atomic E-state index is 12.4. The molecule has 1 amide bonds. The third-order valence-corrected chi connectivity index (χ3v) is 4.74. The fraction of sp³-hybridized carbons (Fsp3) is 0.389. The highest BCUT2D eigenvalue weighted by Crippen LogP contribution is 2.28. The van der Waals surface area contributed by atoms with E-state index in [0.717, 1.165) is 25.9 Å². The van der Waals surface area contributed by atoms with Crippen LogP contribution in [-0.4, -0.2) is 23.9 Å². The first kappa shape index (κ1) is 17.2. The monoisotopic (exact) mass is 367 g/mol. The Bertz CT molecular complexity index is 721. The van der Waals surface area contributed by atoms with Gasteiger partial charge in [-0.3, -0.25) is 4.79 Å². The van der Waals surface area contributed by atoms with Crippen molar-refractivity contribution in [2.24, 2.45) is 5.92 Å². The fourth-order valence-corrected chi connectivity index (χ4v) is 3.14. The molecule has 128 valence electrons. The number of nitrogens with zero attached hydrogens (tertiary/aromatic N) is 1. The lowest BCUT2D eigenvalue weighted by atomic mass is 9.99. The molecule has 0 N–H and O–H groups in total. The quantitative estimate of drug-likeness (QED) is 0.760. The minimum Gasteiger partial charge on any atom is -0.484 e. The molecule has 0 aliphatic carbocycles. The number of benzene rings is 1. The van der Waals surface area contributed by atoms with Gasteiger partial charge >= 0.3 is 0 Å². The van der Waals surface area contributed by atoms with Crippen LogP contribution < -0.4 is 4.74 Å². The Balaban J connectivity index is 1.60. The van der Waals surface area contributed by atoms with E-state index in [1.165, 1.54) is 0 Å². The van der Waals surface area contributed by atoms with E-state index in [-0.39, 0.29) is 12.5 Å². The van der Waals surface area contributed by atoms with Gasteiger partial charge in [0.1, 0.15) is 18.1 Å². The van der Waals surface area contributed by atoms with E-state index < -0.39 is 0 Å². The lowest BCUT2D eigenvalue weighted by Gasteiger charge is -2.29. The molecular formula is C18H19Cl2NO3. The van der Waals surface area contributed by atoms with Crippen LogP contribution in [-0.2, 0) is 6.61 Å². The largest absolute Gasteiger partial charge is 0.484 e. The zero-order valence-corrected chi connectivity index (χ0v) is 14.9. The molecule has 2 aromatic rings. The number of ether oxygens (including phenoxy) is 1. The first-order valence-corrected chi connectivity index (χ1v) is 8.74. The first-order chi connectivity index (χ1) is 11.5. The molecule has 6 heteroatoms. The number of carbonyl (C=O) groups excluding carboxylic acids is 1. The minimum atomic E-state index is -0.0577. The van der Waals surface area contributed by atoms with Gasteiger partial charge in [0.15, 0.2) is 5.76 Å². The van der Waals surface area contributed by atoms with Crippen molar-refractivity contribution in [1.82, 2.24) is 4.90 Å². The van der Waals surface area contributed by atoms with Crippen molar-refractivity contribution in [1.29, 1.82) is 0 Å². The molecular weight excluding hydrogens is 349 g/mol. The Morgan fingerprint density at radius 1 is 1.25 bits per heavy atom. The number of carbonyl (C=O) groups is 1. The van der Waals surface area contributed by atoms with Gasteiger partial charge < -0.3 is 14.1 Å². The van der Waals surface area contributed by atoms with Crippen molar-refractivity contribution in [2.75, 3.05) is 13.1 Å². The number of halogens is 2. The summed E-state index contributed by atoms with van der Waals surface area (Å²) in [5.74, 6) is 2.08. The normalized spacial score (nSPS) is 15.5. The summed E-state index contributed by atoms with van der Waals surface area (Å²) in [6.07, 6.45) is 2.08. The molecule has 1 aliphatic rings. The molecule has 2 heterocycles. The second-order valence-electron chi connectivity index (χ2n) is 6.10. The summed E-state index contributed by atoms with van der Waals surface area (Å²) in [6.45, 7) is 3.98. The van der Waals surface area contributed by atoms with Crippen LogP contribution in [0.15, 0.2) is 34.7 Å². The van der Waals surface area contributed by atoms with Crippen molar-refractivity contribution >= 4 is 29.1 Å². The summed E-state index contributed by atoms with van der Waals surface area (Å²) in [6, 6.07) is 8.48. The Hall–Kier alpha value is -1.65. The van der Waals surface area contributed by atoms with E-state index in [1.807, 2.05) is 4.90 Å². The SMILES string of the molecule is CC1CCN(C(=O)c2ccc(COc3ccc(Cl)cc3Cl)o2)CC1. The molecule has 24 heavy (non-hydrogen) atoms. The molecule has 1 aromatic carbocycles. The third kappa shape index (κ3) is 4.05. The lowest BCUT2D eigenvalue weighted by Crippen LogP contribution is -2.37. The molecule has 3 rings (SSSR count). The minimum absolute atomic E-state index is 0.0577. The Labute approximate surface area is 151 Å². The number of hydrogen-bond acceptors (Lipinski definition) is 3. The number of rotatable bonds is 4. The van der Waals surface area contributed by atoms with Gasteiger partial charge in [0.05, 0.1) is 5.02 Å². The van der Waals surface area contributed by atoms with E-state index in [0.29, 0.717) is 33.2 Å². The molecule has 0 saturated carbocycles. The molecule has 4 nitrogen and oxygen atoms in total. The van der Waals surface area contributed by atoms with Crippen LogP contribution in [0.1, 0.15) is 36.1 Å². The summed E-state index contributed by atoms with van der Waals surface area (Å²) in [7, 11) is 0. The van der Waals surface area contributed by atoms with Crippen LogP contribution >= 0.6 is 23.2 Å². The molecule has 0 radical (unpaired) electrons. The van der Waals surface area contributed by atoms with E-state index in [2.05, 4.69) is 6.92 Å². The maximum Gasteiger partial charge on any atom is 0.289 e. The van der Waals surface area contributed by atoms with Gasteiger partial charge in [-0.2, -0.15) is 0 Å². The second kappa shape index (κ2) is 7.49. The standard InChI is InChI=1S/C18H19Cl2NO3/c1-12-6-8-21(9-7-12)18(22)17-5-3-14(24-17)11-23-16-4-2-13(19)10-15(16)20/h2-5,10,12H,6-9,11H2,1H3. The summed E-state index contributed by atoms with van der Waals surface area (Å²) in [5, 5.41) is 0.988. The van der Waals surface area contributed by atoms with Gasteiger partial charge in [0, 0.05) is 18.1 Å². The molecule has 1 fully saturated rings. The van der Waals surface area contributed by atoms with Crippen molar-refractivity contribution < 1.29 is 13.9 Å². The average Bonchev–Trinajstić information content (AvgIpc) is 3.03. The summed E-state index contributed by atoms with van der Waals surface area (Å²) >= 11 is 11.9. The van der Waals surface area contributed by atoms with E-state index in [9.17, 15) is 4.79 Å². The van der Waals surface area contributed by atoms with Crippen molar-refractivity contribution in [3.05, 3.63) is 51.9 Å². The van der Waals surface area contributed by atoms with Gasteiger partial charge in [-0.25, -0.2) is 0 Å². The van der Waals surface area contributed by atoms with E-state index in [4.69, 9.17) is 32.4 Å². The smallest absolute Gasteiger partial charge is 0.289 e. The summed E-state index contributed by atoms with van der Waals surface area (Å²) in [5.41, 5.74) is 0. The Morgan fingerprint density at radius 3 is 2.71 bits per heavy atom. The Morgan fingerprint density at radius 2 is 2.00 bits per heavy atom. The van der Waals surface area contributed by atoms with Crippen molar-refractivity contribution in [2.45, 2.75) is 26.4 Å². The average molecular weight is 368 g/mol. The summed E-state index contributed by atoms with van der Waals surface area (Å²) < 4.78 is 11.2. The molecule has 1 aromatic heterocycles.